The normalized spacial score (nSPS) is 23.4. The van der Waals surface area contributed by atoms with E-state index < -0.39 is 57.6 Å². The van der Waals surface area contributed by atoms with Gasteiger partial charge in [-0.2, -0.15) is 17.6 Å². The van der Waals surface area contributed by atoms with E-state index in [1.807, 2.05) is 11.9 Å². The standard InChI is InChI=1S/C22H19F5N6O3/c1-9-3-11-7-21(6-9,19-32-31-10(2)36-19)33(11)20(35)29-16-4-12(13(5-14(16)23)22(25,26)27)17-28-8-15(24)18(34)30-17/h4-5,8-9,11H,3,6-7H2,1-2H3,(H,29,35)(H,28,30,34)/t9-,11-,21+/m1/s1. The van der Waals surface area contributed by atoms with Gasteiger partial charge >= 0.3 is 12.2 Å². The second kappa shape index (κ2) is 8.10. The smallest absolute Gasteiger partial charge is 0.417 e. The Kier molecular flexibility index (Phi) is 5.37. The number of likely N-dealkylation sites (tertiary alicyclic amines) is 1. The van der Waals surface area contributed by atoms with Crippen molar-refractivity contribution in [1.29, 1.82) is 0 Å². The number of halogens is 5. The fourth-order valence-corrected chi connectivity index (χ4v) is 5.22. The molecule has 5 rings (SSSR count). The summed E-state index contributed by atoms with van der Waals surface area (Å²) in [5.41, 5.74) is -4.99. The molecule has 0 spiro atoms. The van der Waals surface area contributed by atoms with Crippen molar-refractivity contribution < 1.29 is 31.2 Å². The Morgan fingerprint density at radius 3 is 2.61 bits per heavy atom. The molecule has 0 radical (unpaired) electrons. The Morgan fingerprint density at radius 1 is 1.22 bits per heavy atom. The molecule has 9 nitrogen and oxygen atoms in total. The highest BCUT2D eigenvalue weighted by Gasteiger charge is 2.62. The van der Waals surface area contributed by atoms with E-state index >= 15 is 0 Å². The first-order valence-corrected chi connectivity index (χ1v) is 11.0. The second-order valence-corrected chi connectivity index (χ2v) is 9.15. The first-order valence-electron chi connectivity index (χ1n) is 11.0. The molecule has 1 saturated heterocycles. The summed E-state index contributed by atoms with van der Waals surface area (Å²) in [6.45, 7) is 3.62. The second-order valence-electron chi connectivity index (χ2n) is 9.15. The van der Waals surface area contributed by atoms with Crippen molar-refractivity contribution in [3.63, 3.8) is 0 Å². The molecule has 3 atom stereocenters. The zero-order chi connectivity index (χ0) is 26.0. The molecule has 3 aromatic rings. The van der Waals surface area contributed by atoms with Crippen LogP contribution in [0.1, 0.15) is 43.5 Å². The average molecular weight is 510 g/mol. The third-order valence-electron chi connectivity index (χ3n) is 6.57. The topological polar surface area (TPSA) is 117 Å². The van der Waals surface area contributed by atoms with Gasteiger partial charge < -0.3 is 19.6 Å². The molecule has 2 aromatic heterocycles. The van der Waals surface area contributed by atoms with Gasteiger partial charge in [-0.05, 0) is 30.9 Å². The Bertz CT molecular complexity index is 1420. The fourth-order valence-electron chi connectivity index (χ4n) is 5.22. The van der Waals surface area contributed by atoms with Crippen LogP contribution in [-0.4, -0.2) is 37.1 Å². The maximum atomic E-state index is 14.8. The van der Waals surface area contributed by atoms with Gasteiger partial charge in [0.1, 0.15) is 17.2 Å². The molecule has 3 heterocycles. The summed E-state index contributed by atoms with van der Waals surface area (Å²) in [4.78, 5) is 31.8. The number of urea groups is 1. The van der Waals surface area contributed by atoms with Crippen molar-refractivity contribution in [3.8, 4) is 11.4 Å². The number of piperidine rings is 1. The summed E-state index contributed by atoms with van der Waals surface area (Å²) in [5, 5.41) is 10.2. The summed E-state index contributed by atoms with van der Waals surface area (Å²) in [6.07, 6.45) is -2.84. The van der Waals surface area contributed by atoms with Gasteiger partial charge in [0, 0.05) is 24.9 Å². The van der Waals surface area contributed by atoms with Crippen LogP contribution >= 0.6 is 0 Å². The molecule has 2 fully saturated rings. The first kappa shape index (κ1) is 23.9. The lowest BCUT2D eigenvalue weighted by molar-refractivity contribution is -0.137. The van der Waals surface area contributed by atoms with Crippen molar-refractivity contribution in [2.45, 2.75) is 50.9 Å². The molecular formula is C22H19F5N6O3. The number of anilines is 1. The van der Waals surface area contributed by atoms with Crippen LogP contribution in [0.25, 0.3) is 11.4 Å². The molecule has 1 aliphatic heterocycles. The van der Waals surface area contributed by atoms with E-state index in [0.29, 0.717) is 37.4 Å². The number of hydrogen-bond acceptors (Lipinski definition) is 6. The zero-order valence-electron chi connectivity index (χ0n) is 18.9. The number of fused-ring (bicyclic) bond motifs is 2. The van der Waals surface area contributed by atoms with Crippen LogP contribution in [0.2, 0.25) is 0 Å². The van der Waals surface area contributed by atoms with E-state index in [1.165, 1.54) is 4.90 Å². The molecule has 1 aliphatic carbocycles. The Balaban J connectivity index is 1.53. The lowest BCUT2D eigenvalue weighted by Crippen LogP contribution is -2.70. The first-order chi connectivity index (χ1) is 16.9. The molecule has 36 heavy (non-hydrogen) atoms. The third kappa shape index (κ3) is 3.80. The number of aryl methyl sites for hydroxylation is 1. The van der Waals surface area contributed by atoms with Crippen LogP contribution in [0.3, 0.4) is 0 Å². The number of amides is 2. The Morgan fingerprint density at radius 2 is 1.97 bits per heavy atom. The third-order valence-corrected chi connectivity index (χ3v) is 6.57. The number of carbonyl (C=O) groups excluding carboxylic acids is 1. The molecule has 190 valence electrons. The van der Waals surface area contributed by atoms with E-state index in [-0.39, 0.29) is 23.9 Å². The summed E-state index contributed by atoms with van der Waals surface area (Å²) >= 11 is 0. The van der Waals surface area contributed by atoms with Crippen LogP contribution in [0.5, 0.6) is 0 Å². The van der Waals surface area contributed by atoms with Gasteiger partial charge in [-0.3, -0.25) is 4.79 Å². The van der Waals surface area contributed by atoms with E-state index in [1.54, 1.807) is 6.92 Å². The number of carbonyl (C=O) groups is 1. The minimum Gasteiger partial charge on any atom is -0.423 e. The summed E-state index contributed by atoms with van der Waals surface area (Å²) in [5.74, 6) is -2.53. The lowest BCUT2D eigenvalue weighted by atomic mass is 9.64. The van der Waals surface area contributed by atoms with Crippen LogP contribution in [-0.2, 0) is 11.7 Å². The summed E-state index contributed by atoms with van der Waals surface area (Å²) < 4.78 is 74.7. The number of aromatic nitrogens is 4. The van der Waals surface area contributed by atoms with E-state index in [0.717, 1.165) is 0 Å². The highest BCUT2D eigenvalue weighted by atomic mass is 19.4. The van der Waals surface area contributed by atoms with E-state index in [4.69, 9.17) is 4.42 Å². The van der Waals surface area contributed by atoms with Gasteiger partial charge in [0.05, 0.1) is 17.4 Å². The Hall–Kier alpha value is -3.84. The number of hydrogen-bond donors (Lipinski definition) is 2. The number of alkyl halides is 3. The molecule has 14 heteroatoms. The van der Waals surface area contributed by atoms with Crippen molar-refractivity contribution in [1.82, 2.24) is 25.1 Å². The molecule has 2 N–H and O–H groups in total. The number of nitrogens with one attached hydrogen (secondary N) is 2. The van der Waals surface area contributed by atoms with E-state index in [2.05, 4.69) is 20.5 Å². The largest absolute Gasteiger partial charge is 0.423 e. The van der Waals surface area contributed by atoms with Gasteiger partial charge in [-0.1, -0.05) is 6.92 Å². The monoisotopic (exact) mass is 510 g/mol. The van der Waals surface area contributed by atoms with Gasteiger partial charge in [-0.25, -0.2) is 14.2 Å². The van der Waals surface area contributed by atoms with Crippen molar-refractivity contribution in [2.24, 2.45) is 5.92 Å². The minimum atomic E-state index is -5.03. The van der Waals surface area contributed by atoms with Gasteiger partial charge in [0.15, 0.2) is 0 Å². The number of aromatic amines is 1. The number of nitrogens with zero attached hydrogens (tertiary/aromatic N) is 4. The molecule has 2 aliphatic rings. The van der Waals surface area contributed by atoms with Gasteiger partial charge in [-0.15, -0.1) is 10.2 Å². The molecule has 1 saturated carbocycles. The van der Waals surface area contributed by atoms with Crippen LogP contribution in [0, 0.1) is 24.5 Å². The lowest BCUT2D eigenvalue weighted by Gasteiger charge is -2.61. The zero-order valence-corrected chi connectivity index (χ0v) is 18.9. The predicted octanol–water partition coefficient (Wildman–Crippen LogP) is 4.36. The maximum Gasteiger partial charge on any atom is 0.417 e. The van der Waals surface area contributed by atoms with Crippen LogP contribution in [0.4, 0.5) is 32.4 Å². The van der Waals surface area contributed by atoms with Gasteiger partial charge in [0.2, 0.25) is 17.6 Å². The van der Waals surface area contributed by atoms with Crippen molar-refractivity contribution >= 4 is 11.7 Å². The fraction of sp³-hybridized carbons (Fsp3) is 0.409. The SMILES string of the molecule is Cc1nnc([C@]23C[C@H](C)C[C@H](C2)N3C(=O)Nc2cc(-c3ncc(F)c(=O)[nH]3)c(C(F)(F)F)cc2F)o1. The number of rotatable bonds is 3. The van der Waals surface area contributed by atoms with Crippen molar-refractivity contribution in [3.05, 3.63) is 57.7 Å². The number of H-pyrrole nitrogens is 1. The Labute approximate surface area is 199 Å². The summed E-state index contributed by atoms with van der Waals surface area (Å²) in [7, 11) is 0. The van der Waals surface area contributed by atoms with Gasteiger partial charge in [0.25, 0.3) is 5.56 Å². The highest BCUT2D eigenvalue weighted by Crippen LogP contribution is 2.55. The average Bonchev–Trinajstić information content (AvgIpc) is 3.22. The van der Waals surface area contributed by atoms with E-state index in [9.17, 15) is 31.5 Å². The molecular weight excluding hydrogens is 491 g/mol. The molecule has 2 amide bonds. The minimum absolute atomic E-state index is 0.185. The number of benzene rings is 1. The van der Waals surface area contributed by atoms with Crippen molar-refractivity contribution in [2.75, 3.05) is 5.32 Å². The molecule has 1 aromatic carbocycles. The molecule has 2 bridgehead atoms. The van der Waals surface area contributed by atoms with Crippen LogP contribution < -0.4 is 10.9 Å². The quantitative estimate of drug-likeness (QED) is 0.506. The molecule has 0 unspecified atom stereocenters. The summed E-state index contributed by atoms with van der Waals surface area (Å²) in [6, 6.07) is -0.0921. The highest BCUT2D eigenvalue weighted by molar-refractivity contribution is 5.92. The maximum absolute atomic E-state index is 14.8. The predicted molar refractivity (Wildman–Crippen MR) is 114 cm³/mol. The van der Waals surface area contributed by atoms with Crippen LogP contribution in [0.15, 0.2) is 27.5 Å².